The molecule has 3 aromatic carbocycles. The van der Waals surface area contributed by atoms with Gasteiger partial charge >= 0.3 is 0 Å². The fourth-order valence-electron chi connectivity index (χ4n) is 4.51. The number of H-pyrrole nitrogens is 1. The van der Waals surface area contributed by atoms with E-state index in [0.29, 0.717) is 5.56 Å². The van der Waals surface area contributed by atoms with Crippen LogP contribution in [-0.2, 0) is 0 Å². The summed E-state index contributed by atoms with van der Waals surface area (Å²) in [5, 5.41) is 7.12. The first-order chi connectivity index (χ1) is 15.7. The normalized spacial score (nSPS) is 16.2. The van der Waals surface area contributed by atoms with Gasteiger partial charge in [-0.05, 0) is 41.4 Å². The molecule has 4 aromatic rings. The Hall–Kier alpha value is -3.28. The van der Waals surface area contributed by atoms with E-state index in [4.69, 9.17) is 0 Å². The number of hydrogen-bond acceptors (Lipinski definition) is 3. The zero-order chi connectivity index (χ0) is 21.9. The Morgan fingerprint density at radius 1 is 0.812 bits per heavy atom. The largest absolute Gasteiger partial charge is 0.304 e. The Bertz CT molecular complexity index is 1150. The Kier molecular flexibility index (Phi) is 5.84. The van der Waals surface area contributed by atoms with Crippen LogP contribution in [0.2, 0.25) is 0 Å². The third-order valence-electron chi connectivity index (χ3n) is 6.35. The molecule has 1 fully saturated rings. The summed E-state index contributed by atoms with van der Waals surface area (Å²) in [4.78, 5) is 4.80. The molecular weight excluding hydrogens is 399 g/mol. The highest BCUT2D eigenvalue weighted by Crippen LogP contribution is 2.34. The second-order valence-corrected chi connectivity index (χ2v) is 8.46. The zero-order valence-electron chi connectivity index (χ0n) is 18.2. The highest BCUT2D eigenvalue weighted by atomic mass is 19.1. The van der Waals surface area contributed by atoms with E-state index in [0.717, 1.165) is 54.0 Å². The van der Waals surface area contributed by atoms with E-state index in [1.807, 2.05) is 54.9 Å². The van der Waals surface area contributed by atoms with Crippen molar-refractivity contribution >= 4 is 0 Å². The predicted octanol–water partition coefficient (Wildman–Crippen LogP) is 5.22. The predicted molar refractivity (Wildman–Crippen MR) is 127 cm³/mol. The van der Waals surface area contributed by atoms with Gasteiger partial charge in [-0.2, -0.15) is 5.10 Å². The van der Waals surface area contributed by atoms with Gasteiger partial charge in [-0.25, -0.2) is 4.39 Å². The third kappa shape index (κ3) is 4.22. The molecule has 1 N–H and O–H groups in total. The topological polar surface area (TPSA) is 35.2 Å². The number of benzene rings is 3. The smallest absolute Gasteiger partial charge is 0.131 e. The number of piperazine rings is 1. The van der Waals surface area contributed by atoms with Crippen LogP contribution < -0.4 is 0 Å². The molecule has 0 amide bonds. The quantitative estimate of drug-likeness (QED) is 0.475. The van der Waals surface area contributed by atoms with Gasteiger partial charge in [0, 0.05) is 43.5 Å². The first-order valence-electron chi connectivity index (χ1n) is 11.1. The summed E-state index contributed by atoms with van der Waals surface area (Å²) in [5.41, 5.74) is 5.98. The van der Waals surface area contributed by atoms with Gasteiger partial charge in [0.1, 0.15) is 5.82 Å². The van der Waals surface area contributed by atoms with E-state index >= 15 is 0 Å². The van der Waals surface area contributed by atoms with Crippen molar-refractivity contribution in [1.29, 1.82) is 0 Å². The molecule has 1 saturated heterocycles. The molecular formula is C27H27FN4. The SMILES string of the molecule is CN1CCN(C(c2cn[nH]c2)c2ccc(F)c(-c3ccc(-c4ccccc4)cc3)c2)CC1. The highest BCUT2D eigenvalue weighted by Gasteiger charge is 2.27. The lowest BCUT2D eigenvalue weighted by molar-refractivity contribution is 0.127. The van der Waals surface area contributed by atoms with Crippen LogP contribution in [0.25, 0.3) is 22.3 Å². The molecule has 0 saturated carbocycles. The van der Waals surface area contributed by atoms with Crippen LogP contribution in [0.1, 0.15) is 17.2 Å². The minimum Gasteiger partial charge on any atom is -0.304 e. The third-order valence-corrected chi connectivity index (χ3v) is 6.35. The van der Waals surface area contributed by atoms with Crippen molar-refractivity contribution in [2.24, 2.45) is 0 Å². The molecule has 1 aliphatic rings. The number of halogens is 1. The summed E-state index contributed by atoms with van der Waals surface area (Å²) in [5.74, 6) is -0.203. The lowest BCUT2D eigenvalue weighted by Gasteiger charge is -2.38. The van der Waals surface area contributed by atoms with E-state index in [1.165, 1.54) is 0 Å². The molecule has 162 valence electrons. The van der Waals surface area contributed by atoms with E-state index < -0.39 is 0 Å². The first-order valence-corrected chi connectivity index (χ1v) is 11.1. The number of likely N-dealkylation sites (N-methyl/N-ethyl adjacent to an activating group) is 1. The lowest BCUT2D eigenvalue weighted by atomic mass is 9.94. The van der Waals surface area contributed by atoms with Crippen molar-refractivity contribution in [3.63, 3.8) is 0 Å². The van der Waals surface area contributed by atoms with Gasteiger partial charge < -0.3 is 4.90 Å². The number of aromatic amines is 1. The van der Waals surface area contributed by atoms with Crippen LogP contribution >= 0.6 is 0 Å². The number of nitrogens with zero attached hydrogens (tertiary/aromatic N) is 3. The second kappa shape index (κ2) is 9.07. The van der Waals surface area contributed by atoms with Crippen LogP contribution in [0.4, 0.5) is 4.39 Å². The van der Waals surface area contributed by atoms with Crippen LogP contribution in [0.3, 0.4) is 0 Å². The molecule has 0 aliphatic carbocycles. The summed E-state index contributed by atoms with van der Waals surface area (Å²) in [6.07, 6.45) is 3.82. The number of hydrogen-bond donors (Lipinski definition) is 1. The summed E-state index contributed by atoms with van der Waals surface area (Å²) >= 11 is 0. The average molecular weight is 427 g/mol. The van der Waals surface area contributed by atoms with Crippen molar-refractivity contribution < 1.29 is 4.39 Å². The fraction of sp³-hybridized carbons (Fsp3) is 0.222. The van der Waals surface area contributed by atoms with Crippen LogP contribution in [0.5, 0.6) is 0 Å². The summed E-state index contributed by atoms with van der Waals surface area (Å²) in [6, 6.07) is 23.9. The average Bonchev–Trinajstić information content (AvgIpc) is 3.37. The van der Waals surface area contributed by atoms with E-state index in [9.17, 15) is 4.39 Å². The molecule has 2 heterocycles. The molecule has 0 spiro atoms. The maximum absolute atomic E-state index is 14.9. The molecule has 4 nitrogen and oxygen atoms in total. The van der Waals surface area contributed by atoms with Crippen LogP contribution in [0.15, 0.2) is 85.2 Å². The van der Waals surface area contributed by atoms with Crippen LogP contribution in [0, 0.1) is 5.82 Å². The Morgan fingerprint density at radius 2 is 1.50 bits per heavy atom. The molecule has 1 aromatic heterocycles. The Morgan fingerprint density at radius 3 is 2.19 bits per heavy atom. The van der Waals surface area contributed by atoms with Crippen molar-refractivity contribution in [2.75, 3.05) is 33.2 Å². The summed E-state index contributed by atoms with van der Waals surface area (Å²) in [6.45, 7) is 3.96. The molecule has 0 radical (unpaired) electrons. The van der Waals surface area contributed by atoms with Gasteiger partial charge in [0.05, 0.1) is 12.2 Å². The second-order valence-electron chi connectivity index (χ2n) is 8.46. The van der Waals surface area contributed by atoms with Gasteiger partial charge in [-0.15, -0.1) is 0 Å². The van der Waals surface area contributed by atoms with Crippen molar-refractivity contribution in [1.82, 2.24) is 20.0 Å². The van der Waals surface area contributed by atoms with E-state index in [1.54, 1.807) is 6.07 Å². The minimum atomic E-state index is -0.203. The summed E-state index contributed by atoms with van der Waals surface area (Å²) in [7, 11) is 2.15. The minimum absolute atomic E-state index is 0.0467. The van der Waals surface area contributed by atoms with Gasteiger partial charge in [-0.3, -0.25) is 10.00 Å². The maximum Gasteiger partial charge on any atom is 0.131 e. The lowest BCUT2D eigenvalue weighted by Crippen LogP contribution is -2.46. The molecule has 1 atom stereocenters. The number of nitrogens with one attached hydrogen (secondary N) is 1. The van der Waals surface area contributed by atoms with Crippen molar-refractivity contribution in [3.8, 4) is 22.3 Å². The van der Waals surface area contributed by atoms with Gasteiger partial charge in [0.25, 0.3) is 0 Å². The van der Waals surface area contributed by atoms with Crippen LogP contribution in [-0.4, -0.2) is 53.2 Å². The zero-order valence-corrected chi connectivity index (χ0v) is 18.2. The van der Waals surface area contributed by atoms with E-state index in [-0.39, 0.29) is 11.9 Å². The molecule has 5 rings (SSSR count). The fourth-order valence-corrected chi connectivity index (χ4v) is 4.51. The van der Waals surface area contributed by atoms with Gasteiger partial charge in [0.15, 0.2) is 0 Å². The Balaban J connectivity index is 1.49. The number of aromatic nitrogens is 2. The van der Waals surface area contributed by atoms with E-state index in [2.05, 4.69) is 51.3 Å². The maximum atomic E-state index is 14.9. The van der Waals surface area contributed by atoms with Crippen molar-refractivity contribution in [2.45, 2.75) is 6.04 Å². The first kappa shape index (κ1) is 20.6. The Labute approximate surface area is 188 Å². The highest BCUT2D eigenvalue weighted by molar-refractivity contribution is 5.71. The molecule has 5 heteroatoms. The summed E-state index contributed by atoms with van der Waals surface area (Å²) < 4.78 is 14.9. The molecule has 32 heavy (non-hydrogen) atoms. The number of rotatable bonds is 5. The monoisotopic (exact) mass is 426 g/mol. The standard InChI is InChI=1S/C27H27FN4/c1-31-13-15-32(16-14-31)27(24-18-29-30-19-24)23-11-12-26(28)25(17-23)22-9-7-21(8-10-22)20-5-3-2-4-6-20/h2-12,17-19,27H,13-16H2,1H3,(H,29,30). The molecule has 0 bridgehead atoms. The van der Waals surface area contributed by atoms with Crippen molar-refractivity contribution in [3.05, 3.63) is 102 Å². The van der Waals surface area contributed by atoms with Gasteiger partial charge in [-0.1, -0.05) is 60.7 Å². The molecule has 1 unspecified atom stereocenters. The molecule has 1 aliphatic heterocycles. The van der Waals surface area contributed by atoms with Gasteiger partial charge in [0.2, 0.25) is 0 Å².